The van der Waals surface area contributed by atoms with Crippen LogP contribution in [0.3, 0.4) is 0 Å². The van der Waals surface area contributed by atoms with Gasteiger partial charge in [-0.1, -0.05) is 11.8 Å². The molecule has 2 aromatic rings. The highest BCUT2D eigenvalue weighted by Gasteiger charge is 2.07. The second-order valence-electron chi connectivity index (χ2n) is 4.63. The Labute approximate surface area is 124 Å². The molecule has 1 heterocycles. The zero-order valence-electron chi connectivity index (χ0n) is 11.9. The first kappa shape index (κ1) is 14.8. The molecule has 1 amide bonds. The average molecular weight is 279 g/mol. The van der Waals surface area contributed by atoms with Gasteiger partial charge in [-0.3, -0.25) is 9.78 Å². The summed E-state index contributed by atoms with van der Waals surface area (Å²) in [7, 11) is 0. The summed E-state index contributed by atoms with van der Waals surface area (Å²) < 4.78 is 0. The van der Waals surface area contributed by atoms with Crippen LogP contribution in [0.2, 0.25) is 0 Å². The Morgan fingerprint density at radius 3 is 2.76 bits per heavy atom. The van der Waals surface area contributed by atoms with Crippen LogP contribution < -0.4 is 11.1 Å². The normalized spacial score (nSPS) is 9.62. The number of amides is 1. The number of aryl methyl sites for hydroxylation is 1. The minimum absolute atomic E-state index is 0.119. The molecule has 0 spiro atoms. The molecule has 0 aliphatic heterocycles. The van der Waals surface area contributed by atoms with E-state index in [1.54, 1.807) is 18.5 Å². The van der Waals surface area contributed by atoms with Crippen molar-refractivity contribution in [3.63, 3.8) is 0 Å². The van der Waals surface area contributed by atoms with Crippen LogP contribution in [0.25, 0.3) is 0 Å². The third-order valence-corrected chi connectivity index (χ3v) is 2.88. The fourth-order valence-corrected chi connectivity index (χ4v) is 1.92. The maximum atomic E-state index is 12.2. The predicted octanol–water partition coefficient (Wildman–Crippen LogP) is 1.63. The summed E-state index contributed by atoms with van der Waals surface area (Å²) in [4.78, 5) is 16.1. The van der Waals surface area contributed by atoms with E-state index < -0.39 is 0 Å². The van der Waals surface area contributed by atoms with Gasteiger partial charge >= 0.3 is 0 Å². The molecule has 0 saturated heterocycles. The molecule has 0 fully saturated rings. The quantitative estimate of drug-likeness (QED) is 0.839. The number of rotatable bonds is 3. The van der Waals surface area contributed by atoms with Crippen molar-refractivity contribution < 1.29 is 4.79 Å². The van der Waals surface area contributed by atoms with Crippen LogP contribution in [0.4, 0.5) is 0 Å². The summed E-state index contributed by atoms with van der Waals surface area (Å²) in [6, 6.07) is 9.29. The first-order valence-corrected chi connectivity index (χ1v) is 6.67. The van der Waals surface area contributed by atoms with E-state index in [9.17, 15) is 4.79 Å². The number of nitrogens with zero attached hydrogens (tertiary/aromatic N) is 1. The molecule has 0 bridgehead atoms. The van der Waals surface area contributed by atoms with E-state index >= 15 is 0 Å². The SMILES string of the molecule is Cc1cc(C#CCN)cc(C(=O)NCc2ccncc2)c1. The largest absolute Gasteiger partial charge is 0.348 e. The number of hydrogen-bond acceptors (Lipinski definition) is 3. The van der Waals surface area contributed by atoms with Gasteiger partial charge in [-0.15, -0.1) is 0 Å². The standard InChI is InChI=1S/C17H17N3O/c1-13-9-15(3-2-6-18)11-16(10-13)17(21)20-12-14-4-7-19-8-5-14/h4-5,7-11H,6,12,18H2,1H3,(H,20,21). The third kappa shape index (κ3) is 4.44. The van der Waals surface area contributed by atoms with Crippen LogP contribution in [0.5, 0.6) is 0 Å². The van der Waals surface area contributed by atoms with Crippen molar-refractivity contribution in [2.24, 2.45) is 5.73 Å². The van der Waals surface area contributed by atoms with Gasteiger partial charge in [0, 0.05) is 30.1 Å². The van der Waals surface area contributed by atoms with E-state index in [1.165, 1.54) is 0 Å². The number of carbonyl (C=O) groups is 1. The lowest BCUT2D eigenvalue weighted by molar-refractivity contribution is 0.0951. The summed E-state index contributed by atoms with van der Waals surface area (Å²) in [6.45, 7) is 2.71. The molecule has 0 atom stereocenters. The molecule has 4 heteroatoms. The minimum Gasteiger partial charge on any atom is -0.348 e. The third-order valence-electron chi connectivity index (χ3n) is 2.88. The van der Waals surface area contributed by atoms with E-state index in [4.69, 9.17) is 5.73 Å². The minimum atomic E-state index is -0.119. The number of aromatic nitrogens is 1. The number of hydrogen-bond donors (Lipinski definition) is 2. The molecular formula is C17H17N3O. The summed E-state index contributed by atoms with van der Waals surface area (Å²) in [6.07, 6.45) is 3.41. The molecule has 1 aromatic heterocycles. The lowest BCUT2D eigenvalue weighted by atomic mass is 10.1. The van der Waals surface area contributed by atoms with Gasteiger partial charge in [0.2, 0.25) is 0 Å². The van der Waals surface area contributed by atoms with Gasteiger partial charge in [0.1, 0.15) is 0 Å². The first-order valence-electron chi connectivity index (χ1n) is 6.67. The van der Waals surface area contributed by atoms with Crippen LogP contribution in [0.1, 0.15) is 27.0 Å². The molecule has 0 aliphatic rings. The van der Waals surface area contributed by atoms with Crippen molar-refractivity contribution in [1.82, 2.24) is 10.3 Å². The smallest absolute Gasteiger partial charge is 0.251 e. The zero-order chi connectivity index (χ0) is 15.1. The fraction of sp³-hybridized carbons (Fsp3) is 0.176. The molecule has 2 rings (SSSR count). The second kappa shape index (κ2) is 7.22. The van der Waals surface area contributed by atoms with Crippen molar-refractivity contribution in [2.45, 2.75) is 13.5 Å². The molecule has 0 radical (unpaired) electrons. The van der Waals surface area contributed by atoms with Crippen molar-refractivity contribution >= 4 is 5.91 Å². The van der Waals surface area contributed by atoms with Crippen molar-refractivity contribution in [1.29, 1.82) is 0 Å². The average Bonchev–Trinajstić information content (AvgIpc) is 2.51. The van der Waals surface area contributed by atoms with Crippen LogP contribution in [-0.2, 0) is 6.54 Å². The number of carbonyl (C=O) groups excluding carboxylic acids is 1. The Balaban J connectivity index is 2.10. The molecule has 106 valence electrons. The van der Waals surface area contributed by atoms with Gasteiger partial charge in [0.05, 0.1) is 6.54 Å². The maximum Gasteiger partial charge on any atom is 0.251 e. The highest BCUT2D eigenvalue weighted by atomic mass is 16.1. The molecule has 1 aromatic carbocycles. The number of pyridine rings is 1. The Kier molecular flexibility index (Phi) is 5.08. The van der Waals surface area contributed by atoms with Gasteiger partial charge in [-0.05, 0) is 48.4 Å². The summed E-state index contributed by atoms with van der Waals surface area (Å²) in [5, 5.41) is 2.89. The number of nitrogens with one attached hydrogen (secondary N) is 1. The Hall–Kier alpha value is -2.64. The highest BCUT2D eigenvalue weighted by molar-refractivity contribution is 5.94. The van der Waals surface area contributed by atoms with Crippen LogP contribution in [-0.4, -0.2) is 17.4 Å². The maximum absolute atomic E-state index is 12.2. The molecule has 0 unspecified atom stereocenters. The molecule has 4 nitrogen and oxygen atoms in total. The van der Waals surface area contributed by atoms with Gasteiger partial charge < -0.3 is 11.1 Å². The van der Waals surface area contributed by atoms with Crippen molar-refractivity contribution in [3.05, 3.63) is 65.0 Å². The van der Waals surface area contributed by atoms with Gasteiger partial charge in [-0.2, -0.15) is 0 Å². The zero-order valence-corrected chi connectivity index (χ0v) is 11.9. The summed E-state index contributed by atoms with van der Waals surface area (Å²) in [5.74, 6) is 5.63. The van der Waals surface area contributed by atoms with Gasteiger partial charge in [-0.25, -0.2) is 0 Å². The topological polar surface area (TPSA) is 68.0 Å². The Morgan fingerprint density at radius 1 is 1.29 bits per heavy atom. The van der Waals surface area contributed by atoms with E-state index in [0.29, 0.717) is 18.7 Å². The molecular weight excluding hydrogens is 262 g/mol. The Bertz CT molecular complexity index is 684. The van der Waals surface area contributed by atoms with Crippen molar-refractivity contribution in [3.8, 4) is 11.8 Å². The number of nitrogens with two attached hydrogens (primary N) is 1. The van der Waals surface area contributed by atoms with E-state index in [0.717, 1.165) is 16.7 Å². The van der Waals surface area contributed by atoms with Gasteiger partial charge in [0.15, 0.2) is 0 Å². The molecule has 0 saturated carbocycles. The van der Waals surface area contributed by atoms with Crippen LogP contribution >= 0.6 is 0 Å². The summed E-state index contributed by atoms with van der Waals surface area (Å²) in [5.41, 5.74) is 8.77. The monoisotopic (exact) mass is 279 g/mol. The molecule has 0 aliphatic carbocycles. The first-order chi connectivity index (χ1) is 10.2. The second-order valence-corrected chi connectivity index (χ2v) is 4.63. The number of benzene rings is 1. The van der Waals surface area contributed by atoms with E-state index in [2.05, 4.69) is 22.1 Å². The van der Waals surface area contributed by atoms with Crippen molar-refractivity contribution in [2.75, 3.05) is 6.54 Å². The predicted molar refractivity (Wildman–Crippen MR) is 82.5 cm³/mol. The highest BCUT2D eigenvalue weighted by Crippen LogP contribution is 2.09. The van der Waals surface area contributed by atoms with Gasteiger partial charge in [0.25, 0.3) is 5.91 Å². The van der Waals surface area contributed by atoms with Crippen LogP contribution in [0, 0.1) is 18.8 Å². The lowest BCUT2D eigenvalue weighted by Gasteiger charge is -2.07. The van der Waals surface area contributed by atoms with Crippen LogP contribution in [0.15, 0.2) is 42.7 Å². The Morgan fingerprint density at radius 2 is 2.05 bits per heavy atom. The molecule has 21 heavy (non-hydrogen) atoms. The van der Waals surface area contributed by atoms with E-state index in [-0.39, 0.29) is 5.91 Å². The fourth-order valence-electron chi connectivity index (χ4n) is 1.92. The van der Waals surface area contributed by atoms with E-state index in [1.807, 2.05) is 31.2 Å². The lowest BCUT2D eigenvalue weighted by Crippen LogP contribution is -2.23. The molecule has 3 N–H and O–H groups in total. The summed E-state index contributed by atoms with van der Waals surface area (Å²) >= 11 is 0.